The van der Waals surface area contributed by atoms with E-state index < -0.39 is 12.0 Å². The fraction of sp³-hybridized carbons (Fsp3) is 0.286. The highest BCUT2D eigenvalue weighted by Crippen LogP contribution is 2.27. The number of anilines is 1. The Kier molecular flexibility index (Phi) is 6.77. The van der Waals surface area contributed by atoms with E-state index in [9.17, 15) is 14.4 Å². The minimum absolute atomic E-state index is 0.265. The van der Waals surface area contributed by atoms with Gasteiger partial charge >= 0.3 is 5.97 Å². The van der Waals surface area contributed by atoms with E-state index in [1.54, 1.807) is 43.3 Å². The van der Waals surface area contributed by atoms with Crippen LogP contribution in [0.1, 0.15) is 40.5 Å². The zero-order chi connectivity index (χ0) is 21.0. The maximum atomic E-state index is 12.9. The molecule has 1 heterocycles. The van der Waals surface area contributed by atoms with Gasteiger partial charge in [0.2, 0.25) is 5.91 Å². The third-order valence-electron chi connectivity index (χ3n) is 4.62. The molecule has 3 rings (SSSR count). The zero-order valence-electron chi connectivity index (χ0n) is 15.8. The molecule has 0 bridgehead atoms. The lowest BCUT2D eigenvalue weighted by molar-refractivity contribution is -0.119. The van der Waals surface area contributed by atoms with Crippen molar-refractivity contribution >= 4 is 46.7 Å². The number of halogens is 2. The van der Waals surface area contributed by atoms with Gasteiger partial charge in [-0.25, -0.2) is 4.79 Å². The molecule has 1 fully saturated rings. The summed E-state index contributed by atoms with van der Waals surface area (Å²) in [5.41, 5.74) is 1.07. The van der Waals surface area contributed by atoms with E-state index in [-0.39, 0.29) is 29.0 Å². The Balaban J connectivity index is 1.75. The first-order chi connectivity index (χ1) is 13.9. The summed E-state index contributed by atoms with van der Waals surface area (Å²) in [6.07, 6.45) is 1.23. The highest BCUT2D eigenvalue weighted by Gasteiger charge is 2.35. The maximum Gasteiger partial charge on any atom is 0.338 e. The number of rotatable bonds is 5. The Bertz CT molecular complexity index is 948. The average Bonchev–Trinajstić information content (AvgIpc) is 3.20. The van der Waals surface area contributed by atoms with E-state index in [2.05, 4.69) is 5.32 Å². The number of likely N-dealkylation sites (tertiary alicyclic amines) is 1. The first-order valence-electron chi connectivity index (χ1n) is 9.24. The van der Waals surface area contributed by atoms with Gasteiger partial charge in [0, 0.05) is 17.3 Å². The van der Waals surface area contributed by atoms with Crippen molar-refractivity contribution in [1.29, 1.82) is 0 Å². The molecule has 1 atom stereocenters. The third-order valence-corrected chi connectivity index (χ3v) is 5.18. The van der Waals surface area contributed by atoms with Gasteiger partial charge in [0.25, 0.3) is 5.91 Å². The van der Waals surface area contributed by atoms with E-state index in [1.165, 1.54) is 11.0 Å². The number of benzene rings is 2. The predicted octanol–water partition coefficient (Wildman–Crippen LogP) is 4.41. The first kappa shape index (κ1) is 21.1. The highest BCUT2D eigenvalue weighted by atomic mass is 35.5. The van der Waals surface area contributed by atoms with Gasteiger partial charge < -0.3 is 15.0 Å². The predicted molar refractivity (Wildman–Crippen MR) is 112 cm³/mol. The third kappa shape index (κ3) is 4.89. The van der Waals surface area contributed by atoms with Crippen molar-refractivity contribution in [2.75, 3.05) is 18.5 Å². The number of nitrogens with one attached hydrogen (secondary N) is 1. The molecule has 29 heavy (non-hydrogen) atoms. The number of ether oxygens (including phenoxy) is 1. The summed E-state index contributed by atoms with van der Waals surface area (Å²) in [5, 5.41) is 3.47. The highest BCUT2D eigenvalue weighted by molar-refractivity contribution is 6.35. The fourth-order valence-corrected chi connectivity index (χ4v) is 3.63. The molecule has 152 valence electrons. The van der Waals surface area contributed by atoms with Gasteiger partial charge in [-0.2, -0.15) is 0 Å². The molecule has 2 amide bonds. The second-order valence-corrected chi connectivity index (χ2v) is 7.41. The first-order valence-corrected chi connectivity index (χ1v) is 10.0. The van der Waals surface area contributed by atoms with E-state index in [4.69, 9.17) is 27.9 Å². The number of amides is 2. The Hall–Kier alpha value is -2.57. The molecule has 1 aliphatic heterocycles. The Morgan fingerprint density at radius 2 is 1.97 bits per heavy atom. The fourth-order valence-electron chi connectivity index (χ4n) is 3.26. The van der Waals surface area contributed by atoms with Gasteiger partial charge in [0.15, 0.2) is 0 Å². The van der Waals surface area contributed by atoms with Crippen LogP contribution in [0.5, 0.6) is 0 Å². The summed E-state index contributed by atoms with van der Waals surface area (Å²) in [5.74, 6) is -1.12. The SMILES string of the molecule is CCOC(=O)c1cccc(NC(=O)C2CCCN2C(=O)c2cc(Cl)ccc2Cl)c1. The maximum absolute atomic E-state index is 12.9. The van der Waals surface area contributed by atoms with Crippen LogP contribution >= 0.6 is 23.2 Å². The van der Waals surface area contributed by atoms with Gasteiger partial charge in [-0.05, 0) is 56.2 Å². The van der Waals surface area contributed by atoms with Crippen LogP contribution in [0.2, 0.25) is 10.0 Å². The summed E-state index contributed by atoms with van der Waals surface area (Å²) in [7, 11) is 0. The van der Waals surface area contributed by atoms with Crippen LogP contribution in [0.3, 0.4) is 0 Å². The van der Waals surface area contributed by atoms with Gasteiger partial charge in [0.05, 0.1) is 22.8 Å². The smallest absolute Gasteiger partial charge is 0.338 e. The summed E-state index contributed by atoms with van der Waals surface area (Å²) in [6, 6.07) is 10.5. The summed E-state index contributed by atoms with van der Waals surface area (Å²) in [4.78, 5) is 39.2. The molecular formula is C21H20Cl2N2O4. The molecule has 6 nitrogen and oxygen atoms in total. The average molecular weight is 435 g/mol. The second kappa shape index (κ2) is 9.29. The van der Waals surface area contributed by atoms with Crippen LogP contribution in [0.25, 0.3) is 0 Å². The molecule has 0 aromatic heterocycles. The molecule has 0 radical (unpaired) electrons. The molecule has 0 aliphatic carbocycles. The summed E-state index contributed by atoms with van der Waals surface area (Å²) >= 11 is 12.1. The minimum atomic E-state index is -0.635. The van der Waals surface area contributed by atoms with E-state index >= 15 is 0 Å². The van der Waals surface area contributed by atoms with E-state index in [0.29, 0.717) is 35.7 Å². The van der Waals surface area contributed by atoms with E-state index in [1.807, 2.05) is 0 Å². The van der Waals surface area contributed by atoms with Crippen LogP contribution in [0.15, 0.2) is 42.5 Å². The van der Waals surface area contributed by atoms with Gasteiger partial charge in [-0.15, -0.1) is 0 Å². The molecular weight excluding hydrogens is 415 g/mol. The molecule has 1 aliphatic rings. The molecule has 2 aromatic rings. The number of hydrogen-bond donors (Lipinski definition) is 1. The molecule has 1 saturated heterocycles. The van der Waals surface area contributed by atoms with Crippen molar-refractivity contribution in [1.82, 2.24) is 4.90 Å². The summed E-state index contributed by atoms with van der Waals surface area (Å²) < 4.78 is 4.98. The normalized spacial score (nSPS) is 15.8. The van der Waals surface area contributed by atoms with Crippen LogP contribution in [0, 0.1) is 0 Å². The van der Waals surface area contributed by atoms with Crippen molar-refractivity contribution in [3.8, 4) is 0 Å². The van der Waals surface area contributed by atoms with Crippen molar-refractivity contribution in [2.24, 2.45) is 0 Å². The lowest BCUT2D eigenvalue weighted by Gasteiger charge is -2.24. The van der Waals surface area contributed by atoms with Gasteiger partial charge in [-0.3, -0.25) is 9.59 Å². The number of nitrogens with zero attached hydrogens (tertiary/aromatic N) is 1. The monoisotopic (exact) mass is 434 g/mol. The summed E-state index contributed by atoms with van der Waals surface area (Å²) in [6.45, 7) is 2.44. The molecule has 1 N–H and O–H groups in total. The largest absolute Gasteiger partial charge is 0.462 e. The molecule has 1 unspecified atom stereocenters. The van der Waals surface area contributed by atoms with Crippen LogP contribution in [-0.4, -0.2) is 41.9 Å². The Labute approximate surface area is 178 Å². The molecule has 2 aromatic carbocycles. The van der Waals surface area contributed by atoms with Gasteiger partial charge in [-0.1, -0.05) is 29.3 Å². The van der Waals surface area contributed by atoms with Crippen molar-refractivity contribution in [2.45, 2.75) is 25.8 Å². The Morgan fingerprint density at radius 3 is 2.72 bits per heavy atom. The van der Waals surface area contributed by atoms with Crippen molar-refractivity contribution in [3.63, 3.8) is 0 Å². The topological polar surface area (TPSA) is 75.7 Å². The standard InChI is InChI=1S/C21H20Cl2N2O4/c1-2-29-21(28)13-5-3-6-15(11-13)24-19(26)18-7-4-10-25(18)20(27)16-12-14(22)8-9-17(16)23/h3,5-6,8-9,11-12,18H,2,4,7,10H2,1H3,(H,24,26). The van der Waals surface area contributed by atoms with Crippen LogP contribution < -0.4 is 5.32 Å². The van der Waals surface area contributed by atoms with E-state index in [0.717, 1.165) is 0 Å². The van der Waals surface area contributed by atoms with Crippen LogP contribution in [-0.2, 0) is 9.53 Å². The number of hydrogen-bond acceptors (Lipinski definition) is 4. The minimum Gasteiger partial charge on any atom is -0.462 e. The van der Waals surface area contributed by atoms with Crippen LogP contribution in [0.4, 0.5) is 5.69 Å². The lowest BCUT2D eigenvalue weighted by atomic mass is 10.1. The number of carbonyl (C=O) groups is 3. The van der Waals surface area contributed by atoms with Crippen molar-refractivity contribution in [3.05, 3.63) is 63.6 Å². The molecule has 0 saturated carbocycles. The quantitative estimate of drug-likeness (QED) is 0.706. The Morgan fingerprint density at radius 1 is 1.17 bits per heavy atom. The number of carbonyl (C=O) groups excluding carboxylic acids is 3. The molecule has 0 spiro atoms. The zero-order valence-corrected chi connectivity index (χ0v) is 17.3. The second-order valence-electron chi connectivity index (χ2n) is 6.57. The lowest BCUT2D eigenvalue weighted by Crippen LogP contribution is -2.43. The van der Waals surface area contributed by atoms with Crippen molar-refractivity contribution < 1.29 is 19.1 Å². The van der Waals surface area contributed by atoms with Gasteiger partial charge in [0.1, 0.15) is 6.04 Å². The molecule has 8 heteroatoms. The number of esters is 1.